The highest BCUT2D eigenvalue weighted by atomic mass is 79.9. The molecule has 0 bridgehead atoms. The SMILES string of the molecule is CCOC(=O)C1=C(C)N=c2s/c(=C\c3ccc(OCc4ccc(Cl)cc4Cl)c(Br)c3)c(=O)n2[C@@H]1c1ccc(Cl)cc1. The second kappa shape index (κ2) is 12.5. The van der Waals surface area contributed by atoms with Crippen molar-refractivity contribution in [3.63, 3.8) is 0 Å². The maximum absolute atomic E-state index is 13.8. The normalized spacial score (nSPS) is 15.0. The van der Waals surface area contributed by atoms with Gasteiger partial charge in [0.15, 0.2) is 4.80 Å². The van der Waals surface area contributed by atoms with E-state index in [2.05, 4.69) is 20.9 Å². The van der Waals surface area contributed by atoms with E-state index in [1.165, 1.54) is 11.3 Å². The number of carbonyl (C=O) groups excluding carboxylic acids is 1. The number of hydrogen-bond acceptors (Lipinski definition) is 6. The van der Waals surface area contributed by atoms with Crippen LogP contribution in [0.15, 0.2) is 86.2 Å². The first-order chi connectivity index (χ1) is 19.7. The molecule has 0 fully saturated rings. The number of hydrogen-bond donors (Lipinski definition) is 0. The van der Waals surface area contributed by atoms with Crippen LogP contribution in [0.25, 0.3) is 6.08 Å². The van der Waals surface area contributed by atoms with Gasteiger partial charge in [-0.25, -0.2) is 9.79 Å². The van der Waals surface area contributed by atoms with E-state index >= 15 is 0 Å². The second-order valence-electron chi connectivity index (χ2n) is 9.07. The van der Waals surface area contributed by atoms with Crippen LogP contribution in [0.2, 0.25) is 15.1 Å². The van der Waals surface area contributed by atoms with E-state index in [4.69, 9.17) is 44.3 Å². The molecule has 11 heteroatoms. The number of nitrogens with zero attached hydrogens (tertiary/aromatic N) is 2. The van der Waals surface area contributed by atoms with Crippen molar-refractivity contribution in [2.45, 2.75) is 26.5 Å². The molecule has 0 amide bonds. The van der Waals surface area contributed by atoms with Gasteiger partial charge in [0.2, 0.25) is 0 Å². The maximum Gasteiger partial charge on any atom is 0.338 e. The van der Waals surface area contributed by atoms with Gasteiger partial charge in [0, 0.05) is 20.6 Å². The minimum Gasteiger partial charge on any atom is -0.488 e. The summed E-state index contributed by atoms with van der Waals surface area (Å²) in [7, 11) is 0. The quantitative estimate of drug-likeness (QED) is 0.194. The lowest BCUT2D eigenvalue weighted by atomic mass is 9.96. The molecule has 0 saturated heterocycles. The second-order valence-corrected chi connectivity index (χ2v) is 12.2. The first-order valence-electron chi connectivity index (χ1n) is 12.5. The first kappa shape index (κ1) is 29.6. The van der Waals surface area contributed by atoms with Crippen LogP contribution < -0.4 is 19.6 Å². The lowest BCUT2D eigenvalue weighted by Gasteiger charge is -2.24. The van der Waals surface area contributed by atoms with Crippen LogP contribution in [0, 0.1) is 0 Å². The van der Waals surface area contributed by atoms with Gasteiger partial charge in [0.1, 0.15) is 12.4 Å². The van der Waals surface area contributed by atoms with Gasteiger partial charge in [-0.05, 0) is 83.4 Å². The highest BCUT2D eigenvalue weighted by Crippen LogP contribution is 2.32. The van der Waals surface area contributed by atoms with E-state index in [0.717, 1.165) is 16.7 Å². The highest BCUT2D eigenvalue weighted by molar-refractivity contribution is 9.10. The lowest BCUT2D eigenvalue weighted by molar-refractivity contribution is -0.139. The summed E-state index contributed by atoms with van der Waals surface area (Å²) >= 11 is 23.2. The summed E-state index contributed by atoms with van der Waals surface area (Å²) in [5.41, 5.74) is 2.87. The molecule has 0 saturated carbocycles. The molecule has 0 N–H and O–H groups in total. The average Bonchev–Trinajstić information content (AvgIpc) is 3.23. The Bertz CT molecular complexity index is 1870. The third-order valence-corrected chi connectivity index (χ3v) is 8.80. The third-order valence-electron chi connectivity index (χ3n) is 6.35. The van der Waals surface area contributed by atoms with Crippen LogP contribution in [0.4, 0.5) is 0 Å². The van der Waals surface area contributed by atoms with Crippen molar-refractivity contribution in [3.05, 3.63) is 128 Å². The number of allylic oxidation sites excluding steroid dienone is 1. The highest BCUT2D eigenvalue weighted by Gasteiger charge is 2.33. The summed E-state index contributed by atoms with van der Waals surface area (Å²) in [4.78, 5) is 31.9. The topological polar surface area (TPSA) is 69.9 Å². The van der Waals surface area contributed by atoms with E-state index < -0.39 is 12.0 Å². The zero-order valence-electron chi connectivity index (χ0n) is 21.8. The Kier molecular flexibility index (Phi) is 9.06. The molecule has 1 aromatic heterocycles. The predicted octanol–water partition coefficient (Wildman–Crippen LogP) is 7.10. The Morgan fingerprint density at radius 1 is 1.07 bits per heavy atom. The standard InChI is InChI=1S/C30H22BrCl3N2O4S/c1-3-39-29(38)26-16(2)35-30-36(27(26)18-5-8-20(32)9-6-18)28(37)25(41-30)13-17-4-11-24(22(31)12-17)40-15-19-7-10-21(33)14-23(19)34/h4-14,27H,3,15H2,1-2H3/b25-13-/t27-/m1/s1. The minimum atomic E-state index is -0.702. The number of rotatable bonds is 7. The van der Waals surface area contributed by atoms with Gasteiger partial charge in [-0.1, -0.05) is 70.4 Å². The number of esters is 1. The molecule has 0 unspecified atom stereocenters. The molecule has 4 aromatic rings. The maximum atomic E-state index is 13.8. The molecule has 5 rings (SSSR count). The molecule has 1 aliphatic heterocycles. The third kappa shape index (κ3) is 6.32. The first-order valence-corrected chi connectivity index (χ1v) is 15.2. The Balaban J connectivity index is 1.51. The zero-order chi connectivity index (χ0) is 29.3. The fraction of sp³-hybridized carbons (Fsp3) is 0.167. The van der Waals surface area contributed by atoms with E-state index in [9.17, 15) is 9.59 Å². The molecule has 2 heterocycles. The van der Waals surface area contributed by atoms with Gasteiger partial charge in [0.25, 0.3) is 5.56 Å². The summed E-state index contributed by atoms with van der Waals surface area (Å²) < 4.78 is 14.0. The Labute approximate surface area is 263 Å². The van der Waals surface area contributed by atoms with Crippen LogP contribution in [-0.2, 0) is 16.1 Å². The average molecular weight is 693 g/mol. The Hall–Kier alpha value is -2.88. The number of fused-ring (bicyclic) bond motifs is 1. The van der Waals surface area contributed by atoms with Gasteiger partial charge in [-0.15, -0.1) is 0 Å². The van der Waals surface area contributed by atoms with Crippen LogP contribution >= 0.6 is 62.1 Å². The summed E-state index contributed by atoms with van der Waals surface area (Å²) in [5.74, 6) is 0.106. The molecule has 41 heavy (non-hydrogen) atoms. The zero-order valence-corrected chi connectivity index (χ0v) is 26.5. The lowest BCUT2D eigenvalue weighted by Crippen LogP contribution is -2.39. The van der Waals surface area contributed by atoms with E-state index in [1.807, 2.05) is 24.3 Å². The van der Waals surface area contributed by atoms with Gasteiger partial charge in [-0.3, -0.25) is 9.36 Å². The Morgan fingerprint density at radius 2 is 1.80 bits per heavy atom. The molecule has 0 spiro atoms. The van der Waals surface area contributed by atoms with Crippen LogP contribution in [0.3, 0.4) is 0 Å². The number of ether oxygens (including phenoxy) is 2. The van der Waals surface area contributed by atoms with Crippen molar-refractivity contribution in [1.29, 1.82) is 0 Å². The van der Waals surface area contributed by atoms with Crippen molar-refractivity contribution in [2.75, 3.05) is 6.61 Å². The minimum absolute atomic E-state index is 0.203. The molecule has 1 atom stereocenters. The predicted molar refractivity (Wildman–Crippen MR) is 167 cm³/mol. The van der Waals surface area contributed by atoms with Gasteiger partial charge in [-0.2, -0.15) is 0 Å². The van der Waals surface area contributed by atoms with E-state index in [0.29, 0.717) is 45.9 Å². The summed E-state index contributed by atoms with van der Waals surface area (Å²) in [6, 6.07) is 17.1. The van der Waals surface area contributed by atoms with Gasteiger partial charge >= 0.3 is 5.97 Å². The number of halogens is 4. The van der Waals surface area contributed by atoms with Crippen molar-refractivity contribution in [3.8, 4) is 5.75 Å². The number of thiazole rings is 1. The molecule has 210 valence electrons. The summed E-state index contributed by atoms with van der Waals surface area (Å²) in [5, 5.41) is 1.63. The number of aromatic nitrogens is 1. The van der Waals surface area contributed by atoms with Crippen molar-refractivity contribution in [2.24, 2.45) is 4.99 Å². The molecular weight excluding hydrogens is 671 g/mol. The van der Waals surface area contributed by atoms with Gasteiger partial charge in [0.05, 0.1) is 32.9 Å². The fourth-order valence-corrected chi connectivity index (χ4v) is 6.57. The van der Waals surface area contributed by atoms with Crippen molar-refractivity contribution in [1.82, 2.24) is 4.57 Å². The van der Waals surface area contributed by atoms with E-state index in [-0.39, 0.29) is 18.8 Å². The molecular formula is C30H22BrCl3N2O4S. The number of carbonyl (C=O) groups is 1. The van der Waals surface area contributed by atoms with Crippen molar-refractivity contribution < 1.29 is 14.3 Å². The molecule has 0 radical (unpaired) electrons. The molecule has 6 nitrogen and oxygen atoms in total. The largest absolute Gasteiger partial charge is 0.488 e. The summed E-state index contributed by atoms with van der Waals surface area (Å²) in [6.45, 7) is 3.95. The fourth-order valence-electron chi connectivity index (χ4n) is 4.42. The Morgan fingerprint density at radius 3 is 2.49 bits per heavy atom. The monoisotopic (exact) mass is 690 g/mol. The molecule has 0 aliphatic carbocycles. The van der Waals surface area contributed by atoms with Crippen LogP contribution in [0.1, 0.15) is 36.6 Å². The molecule has 1 aliphatic rings. The smallest absolute Gasteiger partial charge is 0.338 e. The van der Waals surface area contributed by atoms with E-state index in [1.54, 1.807) is 60.9 Å². The number of benzene rings is 3. The van der Waals surface area contributed by atoms with Crippen LogP contribution in [0.5, 0.6) is 5.75 Å². The van der Waals surface area contributed by atoms with Crippen molar-refractivity contribution >= 4 is 74.1 Å². The van der Waals surface area contributed by atoms with Gasteiger partial charge < -0.3 is 9.47 Å². The summed E-state index contributed by atoms with van der Waals surface area (Å²) in [6.07, 6.45) is 1.79. The molecule has 3 aromatic carbocycles. The van der Waals surface area contributed by atoms with Crippen LogP contribution in [-0.4, -0.2) is 17.1 Å².